The molecular formula is C25H32N4O2. The number of anilines is 2. The monoisotopic (exact) mass is 420 g/mol. The maximum atomic E-state index is 12.5. The Kier molecular flexibility index (Phi) is 6.56. The van der Waals surface area contributed by atoms with E-state index in [0.29, 0.717) is 12.2 Å². The van der Waals surface area contributed by atoms with Crippen LogP contribution < -0.4 is 15.5 Å². The number of carbonyl (C=O) groups excluding carboxylic acids is 2. The van der Waals surface area contributed by atoms with Crippen LogP contribution in [0.1, 0.15) is 42.0 Å². The summed E-state index contributed by atoms with van der Waals surface area (Å²) in [6.07, 6.45) is 4.60. The quantitative estimate of drug-likeness (QED) is 0.729. The molecule has 2 aromatic rings. The summed E-state index contributed by atoms with van der Waals surface area (Å²) in [6, 6.07) is 14.2. The molecule has 0 saturated carbocycles. The van der Waals surface area contributed by atoms with Crippen molar-refractivity contribution < 1.29 is 9.59 Å². The van der Waals surface area contributed by atoms with E-state index in [0.717, 1.165) is 38.0 Å². The summed E-state index contributed by atoms with van der Waals surface area (Å²) in [7, 11) is 2.14. The second-order valence-electron chi connectivity index (χ2n) is 8.70. The number of amides is 2. The lowest BCUT2D eigenvalue weighted by atomic mass is 9.96. The number of benzene rings is 2. The van der Waals surface area contributed by atoms with Crippen LogP contribution in [0.3, 0.4) is 0 Å². The number of nitrogens with one attached hydrogen (secondary N) is 2. The van der Waals surface area contributed by atoms with E-state index in [2.05, 4.69) is 45.7 Å². The van der Waals surface area contributed by atoms with Crippen LogP contribution in [-0.2, 0) is 16.0 Å². The summed E-state index contributed by atoms with van der Waals surface area (Å²) in [6.45, 7) is 5.54. The van der Waals surface area contributed by atoms with Crippen molar-refractivity contribution in [3.05, 3.63) is 59.2 Å². The van der Waals surface area contributed by atoms with E-state index < -0.39 is 11.8 Å². The van der Waals surface area contributed by atoms with Crippen molar-refractivity contribution in [1.29, 1.82) is 0 Å². The second kappa shape index (κ2) is 9.52. The van der Waals surface area contributed by atoms with E-state index in [1.807, 2.05) is 19.1 Å². The molecule has 31 heavy (non-hydrogen) atoms. The Morgan fingerprint density at radius 3 is 2.45 bits per heavy atom. The Morgan fingerprint density at radius 2 is 1.71 bits per heavy atom. The standard InChI is InChI=1S/C25H32N4O2/c1-18-7-10-21(11-8-18)27-25(31)24(30)26-17-23(29-14-3-4-15-29)20-9-12-22-19(16-20)6-5-13-28(22)2/h7-12,16,23H,3-6,13-15,17H2,1-2H3,(H,26,30)(H,27,31). The molecule has 2 heterocycles. The third kappa shape index (κ3) is 5.07. The van der Waals surface area contributed by atoms with Crippen LogP contribution in [0.15, 0.2) is 42.5 Å². The van der Waals surface area contributed by atoms with Gasteiger partial charge in [0.15, 0.2) is 0 Å². The van der Waals surface area contributed by atoms with Crippen molar-refractivity contribution in [2.75, 3.05) is 43.4 Å². The smallest absolute Gasteiger partial charge is 0.313 e. The first-order valence-electron chi connectivity index (χ1n) is 11.2. The summed E-state index contributed by atoms with van der Waals surface area (Å²) >= 11 is 0. The number of hydrogen-bond acceptors (Lipinski definition) is 4. The Morgan fingerprint density at radius 1 is 0.968 bits per heavy atom. The highest BCUT2D eigenvalue weighted by Gasteiger charge is 2.26. The van der Waals surface area contributed by atoms with Crippen molar-refractivity contribution in [1.82, 2.24) is 10.2 Å². The average molecular weight is 421 g/mol. The van der Waals surface area contributed by atoms with Crippen LogP contribution in [0.5, 0.6) is 0 Å². The number of carbonyl (C=O) groups is 2. The van der Waals surface area contributed by atoms with Crippen molar-refractivity contribution in [2.45, 2.75) is 38.6 Å². The van der Waals surface area contributed by atoms with Gasteiger partial charge >= 0.3 is 11.8 Å². The molecule has 0 aromatic heterocycles. The fraction of sp³-hybridized carbons (Fsp3) is 0.440. The number of aryl methyl sites for hydroxylation is 2. The summed E-state index contributed by atoms with van der Waals surface area (Å²) in [4.78, 5) is 29.6. The van der Waals surface area contributed by atoms with Gasteiger partial charge in [0.05, 0.1) is 6.04 Å². The molecule has 1 fully saturated rings. The van der Waals surface area contributed by atoms with Gasteiger partial charge in [-0.3, -0.25) is 14.5 Å². The Bertz CT molecular complexity index is 935. The van der Waals surface area contributed by atoms with Gasteiger partial charge < -0.3 is 15.5 Å². The van der Waals surface area contributed by atoms with Gasteiger partial charge in [0.2, 0.25) is 0 Å². The predicted octanol–water partition coefficient (Wildman–Crippen LogP) is 3.27. The van der Waals surface area contributed by atoms with Gasteiger partial charge in [-0.1, -0.05) is 29.8 Å². The maximum absolute atomic E-state index is 12.5. The van der Waals surface area contributed by atoms with Crippen LogP contribution in [0.2, 0.25) is 0 Å². The minimum atomic E-state index is -0.629. The molecule has 2 aliphatic heterocycles. The second-order valence-corrected chi connectivity index (χ2v) is 8.70. The van der Waals surface area contributed by atoms with Crippen LogP contribution >= 0.6 is 0 Å². The molecule has 2 aliphatic rings. The Hall–Kier alpha value is -2.86. The van der Waals surface area contributed by atoms with Crippen LogP contribution in [0.4, 0.5) is 11.4 Å². The molecule has 1 unspecified atom stereocenters. The van der Waals surface area contributed by atoms with Crippen LogP contribution in [0.25, 0.3) is 0 Å². The van der Waals surface area contributed by atoms with Gasteiger partial charge in [-0.05, 0) is 75.0 Å². The molecule has 1 atom stereocenters. The number of fused-ring (bicyclic) bond motifs is 1. The third-order valence-electron chi connectivity index (χ3n) is 6.39. The summed E-state index contributed by atoms with van der Waals surface area (Å²) in [5, 5.41) is 5.55. The third-order valence-corrected chi connectivity index (χ3v) is 6.39. The zero-order valence-electron chi connectivity index (χ0n) is 18.5. The molecule has 0 bridgehead atoms. The lowest BCUT2D eigenvalue weighted by molar-refractivity contribution is -0.136. The average Bonchev–Trinajstić information content (AvgIpc) is 3.30. The molecule has 6 nitrogen and oxygen atoms in total. The molecule has 2 aromatic carbocycles. The fourth-order valence-corrected chi connectivity index (χ4v) is 4.62. The Labute approximate surface area is 184 Å². The molecule has 0 radical (unpaired) electrons. The molecule has 4 rings (SSSR count). The number of nitrogens with zero attached hydrogens (tertiary/aromatic N) is 2. The van der Waals surface area contributed by atoms with Crippen molar-refractivity contribution >= 4 is 23.2 Å². The SMILES string of the molecule is Cc1ccc(NC(=O)C(=O)NCC(c2ccc3c(c2)CCCN3C)N2CCCC2)cc1. The first kappa shape index (κ1) is 21.4. The molecule has 164 valence electrons. The van der Waals surface area contributed by atoms with E-state index in [1.165, 1.54) is 29.7 Å². The minimum absolute atomic E-state index is 0.0798. The summed E-state index contributed by atoms with van der Waals surface area (Å²) in [5.41, 5.74) is 5.62. The van der Waals surface area contributed by atoms with E-state index in [4.69, 9.17) is 0 Å². The molecule has 2 amide bonds. The molecule has 0 spiro atoms. The van der Waals surface area contributed by atoms with Crippen molar-refractivity contribution in [2.24, 2.45) is 0 Å². The largest absolute Gasteiger partial charge is 0.374 e. The summed E-state index contributed by atoms with van der Waals surface area (Å²) in [5.74, 6) is -1.22. The molecule has 1 saturated heterocycles. The molecule has 6 heteroatoms. The van der Waals surface area contributed by atoms with Gasteiger partial charge in [0, 0.05) is 31.5 Å². The van der Waals surface area contributed by atoms with Gasteiger partial charge in [-0.25, -0.2) is 0 Å². The first-order chi connectivity index (χ1) is 15.0. The molecule has 2 N–H and O–H groups in total. The van der Waals surface area contributed by atoms with Crippen molar-refractivity contribution in [3.63, 3.8) is 0 Å². The van der Waals surface area contributed by atoms with Crippen LogP contribution in [0, 0.1) is 6.92 Å². The lowest BCUT2D eigenvalue weighted by Gasteiger charge is -2.31. The highest BCUT2D eigenvalue weighted by atomic mass is 16.2. The highest BCUT2D eigenvalue weighted by molar-refractivity contribution is 6.39. The predicted molar refractivity (Wildman–Crippen MR) is 124 cm³/mol. The first-order valence-corrected chi connectivity index (χ1v) is 11.2. The van der Waals surface area contributed by atoms with E-state index in [1.54, 1.807) is 12.1 Å². The number of likely N-dealkylation sites (tertiary alicyclic amines) is 1. The molecule has 0 aliphatic carbocycles. The van der Waals surface area contributed by atoms with Gasteiger partial charge in [0.1, 0.15) is 0 Å². The van der Waals surface area contributed by atoms with E-state index in [9.17, 15) is 9.59 Å². The zero-order valence-corrected chi connectivity index (χ0v) is 18.5. The van der Waals surface area contributed by atoms with E-state index in [-0.39, 0.29) is 6.04 Å². The summed E-state index contributed by atoms with van der Waals surface area (Å²) < 4.78 is 0. The Balaban J connectivity index is 1.44. The van der Waals surface area contributed by atoms with E-state index >= 15 is 0 Å². The van der Waals surface area contributed by atoms with Gasteiger partial charge in [-0.15, -0.1) is 0 Å². The minimum Gasteiger partial charge on any atom is -0.374 e. The maximum Gasteiger partial charge on any atom is 0.313 e. The van der Waals surface area contributed by atoms with Crippen molar-refractivity contribution in [3.8, 4) is 0 Å². The highest BCUT2D eigenvalue weighted by Crippen LogP contribution is 2.31. The number of rotatable bonds is 5. The van der Waals surface area contributed by atoms with Gasteiger partial charge in [-0.2, -0.15) is 0 Å². The normalized spacial score (nSPS) is 17.2. The zero-order chi connectivity index (χ0) is 21.8. The van der Waals surface area contributed by atoms with Gasteiger partial charge in [0.25, 0.3) is 0 Å². The fourth-order valence-electron chi connectivity index (χ4n) is 4.62. The lowest BCUT2D eigenvalue weighted by Crippen LogP contribution is -2.41. The topological polar surface area (TPSA) is 64.7 Å². The van der Waals surface area contributed by atoms with Crippen LogP contribution in [-0.4, -0.2) is 49.9 Å². The number of hydrogen-bond donors (Lipinski definition) is 2. The molecular weight excluding hydrogens is 388 g/mol.